The van der Waals surface area contributed by atoms with Gasteiger partial charge in [-0.25, -0.2) is 0 Å². The van der Waals surface area contributed by atoms with E-state index in [0.29, 0.717) is 11.8 Å². The van der Waals surface area contributed by atoms with Crippen LogP contribution in [0, 0.1) is 11.8 Å². The maximum atomic E-state index is 3.71. The van der Waals surface area contributed by atoms with Crippen LogP contribution in [-0.2, 0) is 12.8 Å². The average Bonchev–Trinajstić information content (AvgIpc) is 2.52. The van der Waals surface area contributed by atoms with Crippen molar-refractivity contribution in [3.8, 4) is 0 Å². The van der Waals surface area contributed by atoms with Crippen LogP contribution in [0.4, 0.5) is 0 Å². The summed E-state index contributed by atoms with van der Waals surface area (Å²) in [6, 6.07) is 21.6. The second-order valence-electron chi connectivity index (χ2n) is 5.21. The highest BCUT2D eigenvalue weighted by atomic mass is 79.9. The molecule has 0 aliphatic rings. The van der Waals surface area contributed by atoms with Gasteiger partial charge in [-0.05, 0) is 35.8 Å². The summed E-state index contributed by atoms with van der Waals surface area (Å²) in [6.07, 6.45) is 2.27. The molecular weight excluding hydrogens is 376 g/mol. The van der Waals surface area contributed by atoms with Crippen LogP contribution < -0.4 is 0 Å². The molecule has 0 amide bonds. The fraction of sp³-hybridized carbons (Fsp3) is 0.333. The van der Waals surface area contributed by atoms with Gasteiger partial charge in [0.05, 0.1) is 0 Å². The zero-order valence-corrected chi connectivity index (χ0v) is 14.7. The number of benzene rings is 2. The minimum atomic E-state index is 0.650. The maximum absolute atomic E-state index is 3.71. The first-order valence-electron chi connectivity index (χ1n) is 7.03. The first-order chi connectivity index (χ1) is 9.83. The summed E-state index contributed by atoms with van der Waals surface area (Å²) in [7, 11) is 0. The van der Waals surface area contributed by atoms with Crippen molar-refractivity contribution in [2.75, 3.05) is 10.7 Å². The van der Waals surface area contributed by atoms with Gasteiger partial charge in [0, 0.05) is 10.7 Å². The molecule has 2 aromatic carbocycles. The van der Waals surface area contributed by atoms with Gasteiger partial charge in [-0.15, -0.1) is 0 Å². The van der Waals surface area contributed by atoms with Crippen molar-refractivity contribution in [2.45, 2.75) is 12.8 Å². The SMILES string of the molecule is BrC[C@H](Cc1ccccc1)[C@H](CBr)Cc1ccccc1. The lowest BCUT2D eigenvalue weighted by molar-refractivity contribution is 0.401. The Morgan fingerprint density at radius 1 is 0.600 bits per heavy atom. The predicted molar refractivity (Wildman–Crippen MR) is 94.9 cm³/mol. The van der Waals surface area contributed by atoms with Crippen molar-refractivity contribution in [3.63, 3.8) is 0 Å². The zero-order chi connectivity index (χ0) is 14.2. The molecule has 2 heteroatoms. The van der Waals surface area contributed by atoms with Crippen molar-refractivity contribution in [1.82, 2.24) is 0 Å². The van der Waals surface area contributed by atoms with E-state index in [2.05, 4.69) is 92.5 Å². The van der Waals surface area contributed by atoms with Gasteiger partial charge in [-0.1, -0.05) is 92.5 Å². The molecule has 0 heterocycles. The second-order valence-corrected chi connectivity index (χ2v) is 6.50. The molecule has 0 spiro atoms. The highest BCUT2D eigenvalue weighted by Gasteiger charge is 2.20. The Hall–Kier alpha value is -0.600. The summed E-state index contributed by atoms with van der Waals surface area (Å²) < 4.78 is 0. The Labute approximate surface area is 138 Å². The Morgan fingerprint density at radius 3 is 1.25 bits per heavy atom. The van der Waals surface area contributed by atoms with Crippen LogP contribution in [0.1, 0.15) is 11.1 Å². The van der Waals surface area contributed by atoms with Crippen molar-refractivity contribution in [1.29, 1.82) is 0 Å². The number of halogens is 2. The minimum Gasteiger partial charge on any atom is -0.0925 e. The highest BCUT2D eigenvalue weighted by Crippen LogP contribution is 2.25. The van der Waals surface area contributed by atoms with Gasteiger partial charge in [-0.2, -0.15) is 0 Å². The van der Waals surface area contributed by atoms with Crippen LogP contribution >= 0.6 is 31.9 Å². The monoisotopic (exact) mass is 394 g/mol. The van der Waals surface area contributed by atoms with Gasteiger partial charge in [0.1, 0.15) is 0 Å². The molecule has 0 aromatic heterocycles. The molecular formula is C18H20Br2. The zero-order valence-electron chi connectivity index (χ0n) is 11.5. The van der Waals surface area contributed by atoms with Crippen LogP contribution in [0.3, 0.4) is 0 Å². The van der Waals surface area contributed by atoms with Gasteiger partial charge in [0.2, 0.25) is 0 Å². The van der Waals surface area contributed by atoms with Gasteiger partial charge < -0.3 is 0 Å². The van der Waals surface area contributed by atoms with Crippen molar-refractivity contribution < 1.29 is 0 Å². The Kier molecular flexibility index (Phi) is 6.81. The molecule has 0 saturated carbocycles. The third-order valence-electron chi connectivity index (χ3n) is 3.74. The van der Waals surface area contributed by atoms with Gasteiger partial charge >= 0.3 is 0 Å². The van der Waals surface area contributed by atoms with E-state index in [1.54, 1.807) is 0 Å². The first-order valence-corrected chi connectivity index (χ1v) is 9.27. The van der Waals surface area contributed by atoms with Gasteiger partial charge in [-0.3, -0.25) is 0 Å². The molecule has 0 saturated heterocycles. The molecule has 0 bridgehead atoms. The van der Waals surface area contributed by atoms with E-state index in [0.717, 1.165) is 23.5 Å². The Morgan fingerprint density at radius 2 is 0.950 bits per heavy atom. The third-order valence-corrected chi connectivity index (χ3v) is 5.41. The fourth-order valence-electron chi connectivity index (χ4n) is 2.53. The molecule has 0 radical (unpaired) electrons. The van der Waals surface area contributed by atoms with E-state index >= 15 is 0 Å². The number of hydrogen-bond acceptors (Lipinski definition) is 0. The molecule has 0 nitrogen and oxygen atoms in total. The highest BCUT2D eigenvalue weighted by molar-refractivity contribution is 9.09. The van der Waals surface area contributed by atoms with Crippen LogP contribution in [0.5, 0.6) is 0 Å². The maximum Gasteiger partial charge on any atom is 0.00659 e. The molecule has 2 aromatic rings. The van der Waals surface area contributed by atoms with Gasteiger partial charge in [0.15, 0.2) is 0 Å². The van der Waals surface area contributed by atoms with E-state index in [1.807, 2.05) is 0 Å². The van der Waals surface area contributed by atoms with E-state index in [1.165, 1.54) is 11.1 Å². The lowest BCUT2D eigenvalue weighted by atomic mass is 9.85. The summed E-state index contributed by atoms with van der Waals surface area (Å²) in [5, 5.41) is 2.09. The summed E-state index contributed by atoms with van der Waals surface area (Å²) in [5.74, 6) is 1.30. The molecule has 106 valence electrons. The van der Waals surface area contributed by atoms with Crippen LogP contribution in [-0.4, -0.2) is 10.7 Å². The van der Waals surface area contributed by atoms with E-state index in [4.69, 9.17) is 0 Å². The lowest BCUT2D eigenvalue weighted by Crippen LogP contribution is -2.22. The average molecular weight is 396 g/mol. The topological polar surface area (TPSA) is 0 Å². The van der Waals surface area contributed by atoms with E-state index < -0.39 is 0 Å². The van der Waals surface area contributed by atoms with Crippen molar-refractivity contribution >= 4 is 31.9 Å². The lowest BCUT2D eigenvalue weighted by Gasteiger charge is -2.24. The molecule has 0 aliphatic heterocycles. The van der Waals surface area contributed by atoms with Crippen molar-refractivity contribution in [2.24, 2.45) is 11.8 Å². The summed E-state index contributed by atoms with van der Waals surface area (Å²) >= 11 is 7.41. The van der Waals surface area contributed by atoms with E-state index in [9.17, 15) is 0 Å². The second kappa shape index (κ2) is 8.63. The van der Waals surface area contributed by atoms with Crippen molar-refractivity contribution in [3.05, 3.63) is 71.8 Å². The van der Waals surface area contributed by atoms with Gasteiger partial charge in [0.25, 0.3) is 0 Å². The quantitative estimate of drug-likeness (QED) is 0.543. The largest absolute Gasteiger partial charge is 0.0925 e. The summed E-state index contributed by atoms with van der Waals surface area (Å²) in [4.78, 5) is 0. The number of hydrogen-bond donors (Lipinski definition) is 0. The summed E-state index contributed by atoms with van der Waals surface area (Å²) in [5.41, 5.74) is 2.85. The number of alkyl halides is 2. The van der Waals surface area contributed by atoms with Crippen LogP contribution in [0.15, 0.2) is 60.7 Å². The molecule has 0 fully saturated rings. The molecule has 2 atom stereocenters. The Balaban J connectivity index is 2.04. The minimum absolute atomic E-state index is 0.650. The van der Waals surface area contributed by atoms with E-state index in [-0.39, 0.29) is 0 Å². The standard InChI is InChI=1S/C18H20Br2/c19-13-17(11-15-7-3-1-4-8-15)18(14-20)12-16-9-5-2-6-10-16/h1-10,17-18H,11-14H2/t17-,18-/m0/s1. The molecule has 0 N–H and O–H groups in total. The fourth-order valence-corrected chi connectivity index (χ4v) is 4.04. The molecule has 0 unspecified atom stereocenters. The molecule has 20 heavy (non-hydrogen) atoms. The normalized spacial score (nSPS) is 13.9. The summed E-state index contributed by atoms with van der Waals surface area (Å²) in [6.45, 7) is 0. The Bertz CT molecular complexity index is 434. The predicted octanol–water partition coefficient (Wildman–Crippen LogP) is 5.49. The van der Waals surface area contributed by atoms with Crippen LogP contribution in [0.2, 0.25) is 0 Å². The molecule has 2 rings (SSSR count). The number of rotatable bonds is 7. The third kappa shape index (κ3) is 4.75. The smallest absolute Gasteiger partial charge is 0.00659 e. The first kappa shape index (κ1) is 15.8. The molecule has 0 aliphatic carbocycles. The van der Waals surface area contributed by atoms with Crippen LogP contribution in [0.25, 0.3) is 0 Å².